The molecule has 1 fully saturated rings. The predicted molar refractivity (Wildman–Crippen MR) is 112 cm³/mol. The summed E-state index contributed by atoms with van der Waals surface area (Å²) in [4.78, 5) is 21.1. The number of nitrogens with zero attached hydrogens (tertiary/aromatic N) is 4. The minimum Gasteiger partial charge on any atom is -0.484 e. The molecular weight excluding hydrogens is 364 g/mol. The molecule has 6 heteroatoms. The molecule has 29 heavy (non-hydrogen) atoms. The van der Waals surface area contributed by atoms with Gasteiger partial charge in [-0.05, 0) is 31.2 Å². The highest BCUT2D eigenvalue weighted by Gasteiger charge is 2.24. The first kappa shape index (κ1) is 18.8. The third-order valence-electron chi connectivity index (χ3n) is 5.14. The molecule has 0 aliphatic carbocycles. The number of aromatic nitrogens is 1. The number of anilines is 1. The molecule has 0 unspecified atom stereocenters. The van der Waals surface area contributed by atoms with E-state index in [-0.39, 0.29) is 12.5 Å². The normalized spacial score (nSPS) is 13.9. The van der Waals surface area contributed by atoms with Crippen molar-refractivity contribution in [3.05, 3.63) is 65.7 Å². The highest BCUT2D eigenvalue weighted by Crippen LogP contribution is 2.24. The number of ether oxygens (including phenoxy) is 1. The minimum atomic E-state index is -0.0304. The maximum atomic E-state index is 12.5. The molecule has 1 aliphatic rings. The number of nitriles is 1. The topological polar surface area (TPSA) is 69.5 Å². The van der Waals surface area contributed by atoms with Crippen LogP contribution in [0.5, 0.6) is 5.75 Å². The second-order valence-corrected chi connectivity index (χ2v) is 7.13. The quantitative estimate of drug-likeness (QED) is 0.689. The first-order valence-electron chi connectivity index (χ1n) is 9.66. The molecule has 1 aromatic heterocycles. The van der Waals surface area contributed by atoms with Gasteiger partial charge in [-0.15, -0.1) is 0 Å². The number of rotatable bonds is 4. The SMILES string of the molecule is Cc1ccc(OCC(=O)N2CCN(c3nc4ccccc4cc3C#N)CC2)cc1. The van der Waals surface area contributed by atoms with Gasteiger partial charge in [-0.25, -0.2) is 4.98 Å². The Kier molecular flexibility index (Phi) is 5.30. The number of carbonyl (C=O) groups excluding carboxylic acids is 1. The maximum absolute atomic E-state index is 12.5. The molecule has 0 bridgehead atoms. The average molecular weight is 386 g/mol. The Hall–Kier alpha value is -3.59. The van der Waals surface area contributed by atoms with Gasteiger partial charge in [0.15, 0.2) is 6.61 Å². The van der Waals surface area contributed by atoms with Crippen molar-refractivity contribution < 1.29 is 9.53 Å². The third-order valence-corrected chi connectivity index (χ3v) is 5.14. The number of benzene rings is 2. The summed E-state index contributed by atoms with van der Waals surface area (Å²) in [6.45, 7) is 4.47. The molecule has 2 heterocycles. The van der Waals surface area contributed by atoms with Crippen molar-refractivity contribution in [1.29, 1.82) is 5.26 Å². The Bertz CT molecular complexity index is 1060. The number of amides is 1. The molecule has 4 rings (SSSR count). The lowest BCUT2D eigenvalue weighted by Gasteiger charge is -2.35. The number of para-hydroxylation sites is 1. The molecule has 0 saturated carbocycles. The van der Waals surface area contributed by atoms with E-state index in [9.17, 15) is 10.1 Å². The lowest BCUT2D eigenvalue weighted by molar-refractivity contribution is -0.133. The van der Waals surface area contributed by atoms with Crippen molar-refractivity contribution in [2.75, 3.05) is 37.7 Å². The van der Waals surface area contributed by atoms with E-state index < -0.39 is 0 Å². The van der Waals surface area contributed by atoms with Gasteiger partial charge in [-0.1, -0.05) is 35.9 Å². The number of piperazine rings is 1. The minimum absolute atomic E-state index is 0.0285. The fourth-order valence-electron chi connectivity index (χ4n) is 3.47. The molecule has 1 aliphatic heterocycles. The van der Waals surface area contributed by atoms with Gasteiger partial charge < -0.3 is 14.5 Å². The van der Waals surface area contributed by atoms with Gasteiger partial charge in [0.05, 0.1) is 11.1 Å². The Morgan fingerprint density at radius 2 is 1.83 bits per heavy atom. The average Bonchev–Trinajstić information content (AvgIpc) is 2.77. The van der Waals surface area contributed by atoms with Crippen LogP contribution in [0.3, 0.4) is 0 Å². The van der Waals surface area contributed by atoms with E-state index in [1.807, 2.05) is 61.5 Å². The number of pyridine rings is 1. The number of hydrogen-bond donors (Lipinski definition) is 0. The van der Waals surface area contributed by atoms with Gasteiger partial charge in [0, 0.05) is 31.6 Å². The summed E-state index contributed by atoms with van der Waals surface area (Å²) in [6.07, 6.45) is 0. The zero-order valence-electron chi connectivity index (χ0n) is 16.3. The van der Waals surface area contributed by atoms with E-state index in [0.29, 0.717) is 43.3 Å². The Labute approximate surface area is 169 Å². The molecule has 3 aromatic rings. The number of aryl methyl sites for hydroxylation is 1. The molecule has 6 nitrogen and oxygen atoms in total. The molecule has 0 atom stereocenters. The number of carbonyl (C=O) groups is 1. The highest BCUT2D eigenvalue weighted by molar-refractivity contribution is 5.83. The molecule has 2 aromatic carbocycles. The van der Waals surface area contributed by atoms with Crippen LogP contribution in [0, 0.1) is 18.3 Å². The summed E-state index contributed by atoms with van der Waals surface area (Å²) in [6, 6.07) is 19.6. The molecular formula is C23H22N4O2. The third kappa shape index (κ3) is 4.14. The van der Waals surface area contributed by atoms with Crippen molar-refractivity contribution in [3.8, 4) is 11.8 Å². The van der Waals surface area contributed by atoms with Crippen LogP contribution < -0.4 is 9.64 Å². The zero-order chi connectivity index (χ0) is 20.2. The zero-order valence-corrected chi connectivity index (χ0v) is 16.3. The van der Waals surface area contributed by atoms with Crippen molar-refractivity contribution in [1.82, 2.24) is 9.88 Å². The smallest absolute Gasteiger partial charge is 0.260 e. The van der Waals surface area contributed by atoms with Crippen molar-refractivity contribution in [2.45, 2.75) is 6.92 Å². The van der Waals surface area contributed by atoms with Gasteiger partial charge in [0.25, 0.3) is 5.91 Å². The molecule has 0 N–H and O–H groups in total. The van der Waals surface area contributed by atoms with E-state index >= 15 is 0 Å². The molecule has 0 radical (unpaired) electrons. The highest BCUT2D eigenvalue weighted by atomic mass is 16.5. The number of fused-ring (bicyclic) bond motifs is 1. The van der Waals surface area contributed by atoms with Crippen LogP contribution in [0.4, 0.5) is 5.82 Å². The lowest BCUT2D eigenvalue weighted by Crippen LogP contribution is -2.50. The van der Waals surface area contributed by atoms with Gasteiger partial charge in [0.1, 0.15) is 17.6 Å². The van der Waals surface area contributed by atoms with E-state index in [1.54, 1.807) is 4.90 Å². The van der Waals surface area contributed by atoms with Crippen LogP contribution in [0.25, 0.3) is 10.9 Å². The molecule has 1 amide bonds. The Balaban J connectivity index is 1.39. The first-order valence-corrected chi connectivity index (χ1v) is 9.66. The van der Waals surface area contributed by atoms with Crippen LogP contribution in [0.1, 0.15) is 11.1 Å². The van der Waals surface area contributed by atoms with Gasteiger partial charge >= 0.3 is 0 Å². The largest absolute Gasteiger partial charge is 0.484 e. The fraction of sp³-hybridized carbons (Fsp3) is 0.261. The maximum Gasteiger partial charge on any atom is 0.260 e. The second kappa shape index (κ2) is 8.19. The Morgan fingerprint density at radius 1 is 1.10 bits per heavy atom. The van der Waals surface area contributed by atoms with Crippen LogP contribution >= 0.6 is 0 Å². The van der Waals surface area contributed by atoms with Crippen LogP contribution in [0.2, 0.25) is 0 Å². The molecule has 146 valence electrons. The fourth-order valence-corrected chi connectivity index (χ4v) is 3.47. The summed E-state index contributed by atoms with van der Waals surface area (Å²) in [5, 5.41) is 10.5. The molecule has 1 saturated heterocycles. The summed E-state index contributed by atoms with van der Waals surface area (Å²) >= 11 is 0. The van der Waals surface area contributed by atoms with E-state index in [2.05, 4.69) is 11.0 Å². The summed E-state index contributed by atoms with van der Waals surface area (Å²) in [5.74, 6) is 1.35. The van der Waals surface area contributed by atoms with Crippen LogP contribution in [-0.4, -0.2) is 48.6 Å². The van der Waals surface area contributed by atoms with Gasteiger partial charge in [-0.3, -0.25) is 4.79 Å². The first-order chi connectivity index (χ1) is 14.1. The van der Waals surface area contributed by atoms with Crippen LogP contribution in [-0.2, 0) is 4.79 Å². The molecule has 0 spiro atoms. The standard InChI is InChI=1S/C23H22N4O2/c1-17-6-8-20(9-7-17)29-16-22(28)26-10-12-27(13-11-26)23-19(15-24)14-18-4-2-3-5-21(18)25-23/h2-9,14H,10-13,16H2,1H3. The van der Waals surface area contributed by atoms with E-state index in [0.717, 1.165) is 16.5 Å². The van der Waals surface area contributed by atoms with Crippen LogP contribution in [0.15, 0.2) is 54.6 Å². The summed E-state index contributed by atoms with van der Waals surface area (Å²) < 4.78 is 5.61. The predicted octanol–water partition coefficient (Wildman–Crippen LogP) is 3.14. The van der Waals surface area contributed by atoms with Crippen molar-refractivity contribution >= 4 is 22.6 Å². The van der Waals surface area contributed by atoms with E-state index in [1.165, 1.54) is 0 Å². The summed E-state index contributed by atoms with van der Waals surface area (Å²) in [7, 11) is 0. The van der Waals surface area contributed by atoms with Crippen molar-refractivity contribution in [2.24, 2.45) is 0 Å². The van der Waals surface area contributed by atoms with Gasteiger partial charge in [0.2, 0.25) is 0 Å². The second-order valence-electron chi connectivity index (χ2n) is 7.13. The summed E-state index contributed by atoms with van der Waals surface area (Å²) in [5.41, 5.74) is 2.58. The lowest BCUT2D eigenvalue weighted by atomic mass is 10.1. The Morgan fingerprint density at radius 3 is 2.55 bits per heavy atom. The number of hydrogen-bond acceptors (Lipinski definition) is 5. The van der Waals surface area contributed by atoms with Crippen molar-refractivity contribution in [3.63, 3.8) is 0 Å². The monoisotopic (exact) mass is 386 g/mol. The van der Waals surface area contributed by atoms with E-state index in [4.69, 9.17) is 9.72 Å². The van der Waals surface area contributed by atoms with Gasteiger partial charge in [-0.2, -0.15) is 5.26 Å².